The fraction of sp³-hybridized carbons (Fsp3) is 0.0556. The van der Waals surface area contributed by atoms with Crippen LogP contribution in [0.2, 0.25) is 0 Å². The van der Waals surface area contributed by atoms with Crippen LogP contribution in [0.4, 0.5) is 5.95 Å². The lowest BCUT2D eigenvalue weighted by atomic mass is 10.1. The first kappa shape index (κ1) is 16.3. The molecule has 0 aliphatic carbocycles. The number of aromatic amines is 1. The second-order valence-electron chi connectivity index (χ2n) is 5.14. The molecule has 3 rings (SSSR count). The third-order valence-electron chi connectivity index (χ3n) is 3.44. The van der Waals surface area contributed by atoms with Gasteiger partial charge in [0.25, 0.3) is 5.56 Å². The van der Waals surface area contributed by atoms with Gasteiger partial charge in [0, 0.05) is 17.2 Å². The molecule has 0 radical (unpaired) electrons. The summed E-state index contributed by atoms with van der Waals surface area (Å²) in [6.07, 6.45) is 1.44. The van der Waals surface area contributed by atoms with E-state index in [2.05, 4.69) is 20.5 Å². The number of aromatic hydroxyl groups is 1. The number of hydrogen-bond donors (Lipinski definition) is 3. The molecule has 0 bridgehead atoms. The summed E-state index contributed by atoms with van der Waals surface area (Å²) in [7, 11) is 1.59. The van der Waals surface area contributed by atoms with Gasteiger partial charge in [0.05, 0.1) is 19.0 Å². The zero-order valence-electron chi connectivity index (χ0n) is 13.4. The smallest absolute Gasteiger partial charge is 0.252 e. The minimum atomic E-state index is -0.305. The van der Waals surface area contributed by atoms with E-state index < -0.39 is 0 Å². The first-order valence-electron chi connectivity index (χ1n) is 7.48. The van der Waals surface area contributed by atoms with Gasteiger partial charge in [-0.1, -0.05) is 12.1 Å². The highest BCUT2D eigenvalue weighted by molar-refractivity contribution is 5.83. The fourth-order valence-electron chi connectivity index (χ4n) is 2.18. The van der Waals surface area contributed by atoms with Gasteiger partial charge >= 0.3 is 0 Å². The molecule has 3 N–H and O–H groups in total. The average Bonchev–Trinajstić information content (AvgIpc) is 2.63. The molecule has 0 spiro atoms. The van der Waals surface area contributed by atoms with Gasteiger partial charge in [-0.05, 0) is 36.4 Å². The van der Waals surface area contributed by atoms with E-state index in [1.165, 1.54) is 12.3 Å². The van der Waals surface area contributed by atoms with Crippen molar-refractivity contribution in [2.24, 2.45) is 5.10 Å². The number of para-hydroxylation sites is 1. The van der Waals surface area contributed by atoms with Crippen LogP contribution in [-0.2, 0) is 0 Å². The zero-order valence-corrected chi connectivity index (χ0v) is 13.4. The van der Waals surface area contributed by atoms with Crippen molar-refractivity contribution >= 4 is 12.2 Å². The van der Waals surface area contributed by atoms with E-state index in [-0.39, 0.29) is 17.3 Å². The number of anilines is 1. The van der Waals surface area contributed by atoms with Gasteiger partial charge in [0.1, 0.15) is 11.5 Å². The zero-order chi connectivity index (χ0) is 17.6. The van der Waals surface area contributed by atoms with Crippen molar-refractivity contribution in [3.63, 3.8) is 0 Å². The van der Waals surface area contributed by atoms with Gasteiger partial charge in [0.2, 0.25) is 5.95 Å². The number of aromatic nitrogens is 2. The largest absolute Gasteiger partial charge is 0.507 e. The molecule has 0 fully saturated rings. The van der Waals surface area contributed by atoms with Crippen molar-refractivity contribution in [2.45, 2.75) is 0 Å². The highest BCUT2D eigenvalue weighted by atomic mass is 16.5. The minimum Gasteiger partial charge on any atom is -0.507 e. The topological polar surface area (TPSA) is 99.6 Å². The maximum absolute atomic E-state index is 11.8. The Kier molecular flexibility index (Phi) is 4.75. The van der Waals surface area contributed by atoms with Gasteiger partial charge in [-0.25, -0.2) is 10.4 Å². The molecule has 126 valence electrons. The molecule has 1 heterocycles. The van der Waals surface area contributed by atoms with Crippen LogP contribution in [0, 0.1) is 0 Å². The lowest BCUT2D eigenvalue weighted by Gasteiger charge is -2.05. The van der Waals surface area contributed by atoms with E-state index in [1.54, 1.807) is 43.5 Å². The molecular weight excluding hydrogens is 320 g/mol. The van der Waals surface area contributed by atoms with Crippen LogP contribution >= 0.6 is 0 Å². The Morgan fingerprint density at radius 3 is 2.68 bits per heavy atom. The number of nitrogens with one attached hydrogen (secondary N) is 2. The molecule has 1 aromatic heterocycles. The number of benzene rings is 2. The Balaban J connectivity index is 1.82. The minimum absolute atomic E-state index is 0.112. The van der Waals surface area contributed by atoms with Gasteiger partial charge in [-0.2, -0.15) is 5.10 Å². The van der Waals surface area contributed by atoms with Crippen LogP contribution in [0.25, 0.3) is 11.3 Å². The first-order valence-corrected chi connectivity index (χ1v) is 7.48. The molecule has 0 amide bonds. The number of H-pyrrole nitrogens is 1. The SMILES string of the molecule is COc1ccc(-c2cc(=O)[nH]c(N/N=C\c3ccccc3O)n2)cc1. The summed E-state index contributed by atoms with van der Waals surface area (Å²) in [5.74, 6) is 1.03. The summed E-state index contributed by atoms with van der Waals surface area (Å²) in [5, 5.41) is 13.7. The van der Waals surface area contributed by atoms with Crippen LogP contribution in [-0.4, -0.2) is 28.4 Å². The van der Waals surface area contributed by atoms with Crippen molar-refractivity contribution in [3.8, 4) is 22.8 Å². The standard InChI is InChI=1S/C18H16N4O3/c1-25-14-8-6-12(7-9-14)15-10-17(24)21-18(20-15)22-19-11-13-4-2-3-5-16(13)23/h2-11,23H,1H3,(H2,20,21,22,24)/b19-11-. The van der Waals surface area contributed by atoms with Crippen molar-refractivity contribution in [1.82, 2.24) is 9.97 Å². The Morgan fingerprint density at radius 1 is 1.20 bits per heavy atom. The lowest BCUT2D eigenvalue weighted by molar-refractivity contribution is 0.415. The molecule has 0 aliphatic heterocycles. The van der Waals surface area contributed by atoms with E-state index in [9.17, 15) is 9.90 Å². The Bertz CT molecular complexity index is 949. The van der Waals surface area contributed by atoms with Crippen molar-refractivity contribution in [2.75, 3.05) is 12.5 Å². The van der Waals surface area contributed by atoms with Crippen LogP contribution in [0.15, 0.2) is 64.5 Å². The molecule has 0 saturated heterocycles. The second kappa shape index (κ2) is 7.31. The summed E-state index contributed by atoms with van der Waals surface area (Å²) in [5.41, 5.74) is 4.18. The van der Waals surface area contributed by atoms with Gasteiger partial charge in [0.15, 0.2) is 0 Å². The number of nitrogens with zero attached hydrogens (tertiary/aromatic N) is 2. The number of ether oxygens (including phenoxy) is 1. The van der Waals surface area contributed by atoms with Crippen molar-refractivity contribution < 1.29 is 9.84 Å². The third-order valence-corrected chi connectivity index (χ3v) is 3.44. The molecule has 25 heavy (non-hydrogen) atoms. The number of methoxy groups -OCH3 is 1. The Labute approximate surface area is 143 Å². The maximum atomic E-state index is 11.8. The van der Waals surface area contributed by atoms with Crippen LogP contribution in [0.3, 0.4) is 0 Å². The average molecular weight is 336 g/mol. The summed E-state index contributed by atoms with van der Waals surface area (Å²) < 4.78 is 5.12. The highest BCUT2D eigenvalue weighted by Gasteiger charge is 2.04. The molecule has 3 aromatic rings. The highest BCUT2D eigenvalue weighted by Crippen LogP contribution is 2.20. The summed E-state index contributed by atoms with van der Waals surface area (Å²) in [6.45, 7) is 0. The van der Waals surface area contributed by atoms with Crippen LogP contribution < -0.4 is 15.7 Å². The number of hydrogen-bond acceptors (Lipinski definition) is 6. The Hall–Kier alpha value is -3.61. The maximum Gasteiger partial charge on any atom is 0.252 e. The molecule has 2 aromatic carbocycles. The Morgan fingerprint density at radius 2 is 1.96 bits per heavy atom. The molecule has 7 heteroatoms. The van der Waals surface area contributed by atoms with Crippen LogP contribution in [0.5, 0.6) is 11.5 Å². The first-order chi connectivity index (χ1) is 12.2. The molecular formula is C18H16N4O3. The monoisotopic (exact) mass is 336 g/mol. The molecule has 0 aliphatic rings. The van der Waals surface area contributed by atoms with E-state index in [1.807, 2.05) is 12.1 Å². The van der Waals surface area contributed by atoms with Gasteiger partial charge < -0.3 is 9.84 Å². The van der Waals surface area contributed by atoms with E-state index >= 15 is 0 Å². The van der Waals surface area contributed by atoms with E-state index in [4.69, 9.17) is 4.74 Å². The van der Waals surface area contributed by atoms with Crippen LogP contribution in [0.1, 0.15) is 5.56 Å². The predicted molar refractivity (Wildman–Crippen MR) is 96.2 cm³/mol. The third kappa shape index (κ3) is 4.03. The number of phenols is 1. The molecule has 0 unspecified atom stereocenters. The van der Waals surface area contributed by atoms with Crippen molar-refractivity contribution in [3.05, 3.63) is 70.5 Å². The van der Waals surface area contributed by atoms with Gasteiger partial charge in [-0.15, -0.1) is 0 Å². The summed E-state index contributed by atoms with van der Waals surface area (Å²) in [4.78, 5) is 18.7. The second-order valence-corrected chi connectivity index (χ2v) is 5.14. The molecule has 7 nitrogen and oxygen atoms in total. The number of phenolic OH excluding ortho intramolecular Hbond substituents is 1. The quantitative estimate of drug-likeness (QED) is 0.491. The summed E-state index contributed by atoms with van der Waals surface area (Å²) >= 11 is 0. The lowest BCUT2D eigenvalue weighted by Crippen LogP contribution is -2.10. The number of hydrazone groups is 1. The fourth-order valence-corrected chi connectivity index (χ4v) is 2.18. The number of rotatable bonds is 5. The summed E-state index contributed by atoms with van der Waals surface area (Å²) in [6, 6.07) is 15.4. The predicted octanol–water partition coefficient (Wildman–Crippen LogP) is 2.60. The molecule has 0 atom stereocenters. The van der Waals surface area contributed by atoms with Crippen molar-refractivity contribution in [1.29, 1.82) is 0 Å². The van der Waals surface area contributed by atoms with E-state index in [0.717, 1.165) is 11.3 Å². The van der Waals surface area contributed by atoms with E-state index in [0.29, 0.717) is 11.3 Å². The normalized spacial score (nSPS) is 10.8. The van der Waals surface area contributed by atoms with Gasteiger partial charge in [-0.3, -0.25) is 9.78 Å². The molecule has 0 saturated carbocycles.